The SMILES string of the molecule is CCC1CCC(n2nnnc2CNC(C)(C)C)C1C. The van der Waals surface area contributed by atoms with Gasteiger partial charge in [0.25, 0.3) is 0 Å². The molecule has 0 aliphatic heterocycles. The predicted octanol–water partition coefficient (Wildman–Crippen LogP) is 2.56. The van der Waals surface area contributed by atoms with Gasteiger partial charge in [-0.2, -0.15) is 0 Å². The summed E-state index contributed by atoms with van der Waals surface area (Å²) in [7, 11) is 0. The van der Waals surface area contributed by atoms with E-state index in [-0.39, 0.29) is 5.54 Å². The molecule has 0 saturated heterocycles. The van der Waals surface area contributed by atoms with Crippen molar-refractivity contribution in [3.63, 3.8) is 0 Å². The van der Waals surface area contributed by atoms with Gasteiger partial charge in [0.1, 0.15) is 0 Å². The first kappa shape index (κ1) is 14.4. The van der Waals surface area contributed by atoms with Gasteiger partial charge in [0.2, 0.25) is 0 Å². The van der Waals surface area contributed by atoms with E-state index in [0.717, 1.165) is 18.3 Å². The molecule has 0 spiro atoms. The molecule has 0 aromatic carbocycles. The molecule has 5 nitrogen and oxygen atoms in total. The molecule has 1 aromatic heterocycles. The van der Waals surface area contributed by atoms with Crippen LogP contribution in [0.5, 0.6) is 0 Å². The minimum Gasteiger partial charge on any atom is -0.305 e. The summed E-state index contributed by atoms with van der Waals surface area (Å²) in [5, 5.41) is 15.8. The Morgan fingerprint density at radius 1 is 1.32 bits per heavy atom. The van der Waals surface area contributed by atoms with Gasteiger partial charge in [0.05, 0.1) is 12.6 Å². The van der Waals surface area contributed by atoms with Crippen LogP contribution in [0.3, 0.4) is 0 Å². The number of rotatable bonds is 4. The van der Waals surface area contributed by atoms with Gasteiger partial charge < -0.3 is 5.32 Å². The molecule has 1 aliphatic carbocycles. The molecule has 1 N–H and O–H groups in total. The lowest BCUT2D eigenvalue weighted by molar-refractivity contribution is 0.297. The van der Waals surface area contributed by atoms with Crippen LogP contribution in [0.1, 0.15) is 65.7 Å². The maximum atomic E-state index is 4.23. The zero-order valence-electron chi connectivity index (χ0n) is 12.8. The highest BCUT2D eigenvalue weighted by Crippen LogP contribution is 2.41. The minimum absolute atomic E-state index is 0.0873. The lowest BCUT2D eigenvalue weighted by Crippen LogP contribution is -2.36. The Hall–Kier alpha value is -0.970. The fourth-order valence-electron chi connectivity index (χ4n) is 3.08. The zero-order chi connectivity index (χ0) is 14.0. The lowest BCUT2D eigenvalue weighted by Gasteiger charge is -2.23. The van der Waals surface area contributed by atoms with Crippen molar-refractivity contribution < 1.29 is 0 Å². The van der Waals surface area contributed by atoms with Gasteiger partial charge in [-0.15, -0.1) is 5.10 Å². The van der Waals surface area contributed by atoms with Gasteiger partial charge in [0.15, 0.2) is 5.82 Å². The molecule has 5 heteroatoms. The first-order valence-electron chi connectivity index (χ1n) is 7.44. The Kier molecular flexibility index (Phi) is 4.23. The summed E-state index contributed by atoms with van der Waals surface area (Å²) in [5.74, 6) is 2.45. The predicted molar refractivity (Wildman–Crippen MR) is 75.6 cm³/mol. The molecule has 3 atom stereocenters. The number of nitrogens with one attached hydrogen (secondary N) is 1. The van der Waals surface area contributed by atoms with E-state index < -0.39 is 0 Å². The first-order valence-corrected chi connectivity index (χ1v) is 7.44. The van der Waals surface area contributed by atoms with Crippen LogP contribution in [0.2, 0.25) is 0 Å². The van der Waals surface area contributed by atoms with Crippen LogP contribution in [0.4, 0.5) is 0 Å². The molecule has 1 aliphatic rings. The molecule has 0 bridgehead atoms. The smallest absolute Gasteiger partial charge is 0.165 e. The number of aromatic nitrogens is 4. The van der Waals surface area contributed by atoms with Crippen molar-refractivity contribution >= 4 is 0 Å². The van der Waals surface area contributed by atoms with Gasteiger partial charge in [-0.25, -0.2) is 4.68 Å². The average molecular weight is 265 g/mol. The van der Waals surface area contributed by atoms with E-state index >= 15 is 0 Å². The highest BCUT2D eigenvalue weighted by atomic mass is 15.6. The normalized spacial score (nSPS) is 27.9. The van der Waals surface area contributed by atoms with E-state index in [9.17, 15) is 0 Å². The minimum atomic E-state index is 0.0873. The Bertz CT molecular complexity index is 406. The van der Waals surface area contributed by atoms with E-state index in [1.54, 1.807) is 0 Å². The van der Waals surface area contributed by atoms with Crippen molar-refractivity contribution in [3.05, 3.63) is 5.82 Å². The van der Waals surface area contributed by atoms with Crippen molar-refractivity contribution in [2.45, 2.75) is 72.0 Å². The van der Waals surface area contributed by atoms with E-state index in [2.05, 4.69) is 60.1 Å². The summed E-state index contributed by atoms with van der Waals surface area (Å²) in [6.45, 7) is 11.8. The molecule has 1 saturated carbocycles. The second-order valence-electron chi connectivity index (χ2n) is 6.82. The van der Waals surface area contributed by atoms with Gasteiger partial charge in [0, 0.05) is 5.54 Å². The fraction of sp³-hybridized carbons (Fsp3) is 0.929. The molecule has 1 aromatic rings. The summed E-state index contributed by atoms with van der Waals surface area (Å²) < 4.78 is 2.05. The highest BCUT2D eigenvalue weighted by Gasteiger charge is 2.34. The standard InChI is InChI=1S/C14H27N5/c1-6-11-7-8-12(10(11)2)19-13(16-17-18-19)9-15-14(3,4)5/h10-12,15H,6-9H2,1-5H3. The largest absolute Gasteiger partial charge is 0.305 e. The third-order valence-electron chi connectivity index (χ3n) is 4.36. The summed E-state index contributed by atoms with van der Waals surface area (Å²) >= 11 is 0. The molecule has 1 fully saturated rings. The molecule has 0 radical (unpaired) electrons. The van der Waals surface area contributed by atoms with Crippen LogP contribution >= 0.6 is 0 Å². The van der Waals surface area contributed by atoms with Gasteiger partial charge in [-0.3, -0.25) is 0 Å². The van der Waals surface area contributed by atoms with Crippen molar-refractivity contribution in [2.24, 2.45) is 11.8 Å². The van der Waals surface area contributed by atoms with Crippen molar-refractivity contribution in [1.29, 1.82) is 0 Å². The topological polar surface area (TPSA) is 55.6 Å². The first-order chi connectivity index (χ1) is 8.92. The molecule has 2 rings (SSSR count). The second-order valence-corrected chi connectivity index (χ2v) is 6.82. The fourth-order valence-corrected chi connectivity index (χ4v) is 3.08. The summed E-state index contributed by atoms with van der Waals surface area (Å²) in [4.78, 5) is 0. The number of hydrogen-bond donors (Lipinski definition) is 1. The van der Waals surface area contributed by atoms with Gasteiger partial charge in [-0.1, -0.05) is 20.3 Å². The monoisotopic (exact) mass is 265 g/mol. The Balaban J connectivity index is 2.07. The summed E-state index contributed by atoms with van der Waals surface area (Å²) in [5.41, 5.74) is 0.0873. The van der Waals surface area contributed by atoms with Crippen LogP contribution < -0.4 is 5.32 Å². The van der Waals surface area contributed by atoms with Crippen LogP contribution in [0.25, 0.3) is 0 Å². The summed E-state index contributed by atoms with van der Waals surface area (Å²) in [6, 6.07) is 0.469. The van der Waals surface area contributed by atoms with Crippen LogP contribution in [-0.4, -0.2) is 25.7 Å². The summed E-state index contributed by atoms with van der Waals surface area (Å²) in [6.07, 6.45) is 3.76. The van der Waals surface area contributed by atoms with Crippen LogP contribution in [0.15, 0.2) is 0 Å². The molecular formula is C14H27N5. The van der Waals surface area contributed by atoms with E-state index in [0.29, 0.717) is 12.0 Å². The van der Waals surface area contributed by atoms with Crippen molar-refractivity contribution in [2.75, 3.05) is 0 Å². The third-order valence-corrected chi connectivity index (χ3v) is 4.36. The molecule has 0 amide bonds. The third kappa shape index (κ3) is 3.32. The molecule has 108 valence electrons. The second kappa shape index (κ2) is 5.57. The average Bonchev–Trinajstić information content (AvgIpc) is 2.91. The van der Waals surface area contributed by atoms with Crippen LogP contribution in [-0.2, 0) is 6.54 Å². The molecule has 1 heterocycles. The number of nitrogens with zero attached hydrogens (tertiary/aromatic N) is 4. The zero-order valence-corrected chi connectivity index (χ0v) is 12.8. The van der Waals surface area contributed by atoms with Gasteiger partial charge in [-0.05, 0) is 55.9 Å². The highest BCUT2D eigenvalue weighted by molar-refractivity contribution is 4.92. The van der Waals surface area contributed by atoms with Crippen molar-refractivity contribution in [1.82, 2.24) is 25.5 Å². The van der Waals surface area contributed by atoms with E-state index in [1.807, 2.05) is 0 Å². The Morgan fingerprint density at radius 3 is 2.63 bits per heavy atom. The molecule has 3 unspecified atom stereocenters. The lowest BCUT2D eigenvalue weighted by atomic mass is 9.93. The molecular weight excluding hydrogens is 238 g/mol. The molecule has 19 heavy (non-hydrogen) atoms. The van der Waals surface area contributed by atoms with E-state index in [4.69, 9.17) is 0 Å². The quantitative estimate of drug-likeness (QED) is 0.909. The van der Waals surface area contributed by atoms with Crippen LogP contribution in [0, 0.1) is 11.8 Å². The maximum absolute atomic E-state index is 4.23. The Morgan fingerprint density at radius 2 is 2.05 bits per heavy atom. The Labute approximate surface area is 116 Å². The number of tetrazole rings is 1. The van der Waals surface area contributed by atoms with E-state index in [1.165, 1.54) is 19.3 Å². The van der Waals surface area contributed by atoms with Gasteiger partial charge >= 0.3 is 0 Å². The van der Waals surface area contributed by atoms with Crippen molar-refractivity contribution in [3.8, 4) is 0 Å². The number of hydrogen-bond acceptors (Lipinski definition) is 4. The maximum Gasteiger partial charge on any atom is 0.165 e.